The number of allylic oxidation sites excluding steroid dienone is 7. The highest BCUT2D eigenvalue weighted by Crippen LogP contribution is 2.46. The highest BCUT2D eigenvalue weighted by atomic mass is 16.5. The van der Waals surface area contributed by atoms with Crippen LogP contribution in [0.2, 0.25) is 0 Å². The lowest BCUT2D eigenvalue weighted by Crippen LogP contribution is -2.41. The van der Waals surface area contributed by atoms with Crippen molar-refractivity contribution in [2.75, 3.05) is 0 Å². The van der Waals surface area contributed by atoms with Crippen LogP contribution in [0.1, 0.15) is 67.2 Å². The lowest BCUT2D eigenvalue weighted by molar-refractivity contribution is -0.128. The predicted octanol–water partition coefficient (Wildman–Crippen LogP) is 5.12. The minimum absolute atomic E-state index is 0.154. The molecule has 0 aromatic carbocycles. The number of carbonyl (C=O) groups is 2. The van der Waals surface area contributed by atoms with E-state index in [0.29, 0.717) is 12.2 Å². The molecule has 0 aromatic rings. The molecule has 0 radical (unpaired) electrons. The van der Waals surface area contributed by atoms with Gasteiger partial charge in [-0.15, -0.1) is 0 Å². The molecule has 0 fully saturated rings. The maximum atomic E-state index is 13.0. The van der Waals surface area contributed by atoms with Crippen molar-refractivity contribution in [2.24, 2.45) is 5.41 Å². The van der Waals surface area contributed by atoms with Crippen LogP contribution in [0.4, 0.5) is 0 Å². The molecule has 1 heterocycles. The summed E-state index contributed by atoms with van der Waals surface area (Å²) in [6, 6.07) is 0. The molecule has 4 nitrogen and oxygen atoms in total. The highest BCUT2D eigenvalue weighted by Gasteiger charge is 2.49. The van der Waals surface area contributed by atoms with E-state index in [1.807, 2.05) is 13.8 Å². The largest absolute Gasteiger partial charge is 0.507 e. The zero-order valence-corrected chi connectivity index (χ0v) is 16.7. The Hall–Kier alpha value is -2.10. The first-order valence-corrected chi connectivity index (χ1v) is 9.26. The summed E-state index contributed by atoms with van der Waals surface area (Å²) in [6.07, 6.45) is 6.54. The van der Waals surface area contributed by atoms with Gasteiger partial charge in [0, 0.05) is 12.0 Å². The standard InChI is InChI=1S/C22H30O4/c1-13(2)8-7-9-14(3)10-11-22(6)20(25)16(5)19(24)18-17(23)12-15(4)26-21(18)22/h8,10,15,24H,7,9,11-12H2,1-6H3. The topological polar surface area (TPSA) is 63.6 Å². The van der Waals surface area contributed by atoms with E-state index in [-0.39, 0.29) is 41.0 Å². The Balaban J connectivity index is 2.35. The van der Waals surface area contributed by atoms with Crippen molar-refractivity contribution in [3.63, 3.8) is 0 Å². The molecule has 142 valence electrons. The molecule has 1 aliphatic heterocycles. The van der Waals surface area contributed by atoms with Gasteiger partial charge in [-0.05, 0) is 60.8 Å². The first kappa shape index (κ1) is 20.2. The van der Waals surface area contributed by atoms with Crippen LogP contribution in [0.3, 0.4) is 0 Å². The maximum absolute atomic E-state index is 13.0. The second-order valence-corrected chi connectivity index (χ2v) is 7.97. The molecule has 26 heavy (non-hydrogen) atoms. The third-order valence-corrected chi connectivity index (χ3v) is 5.18. The quantitative estimate of drug-likeness (QED) is 0.693. The number of hydrogen-bond acceptors (Lipinski definition) is 4. The summed E-state index contributed by atoms with van der Waals surface area (Å²) in [6.45, 7) is 11.4. The van der Waals surface area contributed by atoms with Crippen LogP contribution in [-0.2, 0) is 14.3 Å². The molecule has 1 N–H and O–H groups in total. The predicted molar refractivity (Wildman–Crippen MR) is 103 cm³/mol. The smallest absolute Gasteiger partial charge is 0.176 e. The van der Waals surface area contributed by atoms with Gasteiger partial charge in [-0.2, -0.15) is 0 Å². The minimum Gasteiger partial charge on any atom is -0.507 e. The van der Waals surface area contributed by atoms with E-state index in [9.17, 15) is 14.7 Å². The first-order valence-electron chi connectivity index (χ1n) is 9.26. The van der Waals surface area contributed by atoms with Gasteiger partial charge >= 0.3 is 0 Å². The SMILES string of the molecule is CC(C)=CCCC(C)=CCC1(C)C(=O)C(C)=C(O)C2=C1OC(C)CC2=O. The van der Waals surface area contributed by atoms with Crippen LogP contribution in [0.15, 0.2) is 46.0 Å². The molecule has 0 saturated heterocycles. The van der Waals surface area contributed by atoms with Crippen molar-refractivity contribution < 1.29 is 19.4 Å². The van der Waals surface area contributed by atoms with Gasteiger partial charge < -0.3 is 9.84 Å². The molecule has 0 amide bonds. The summed E-state index contributed by atoms with van der Waals surface area (Å²) in [5.41, 5.74) is 1.98. The fraction of sp³-hybridized carbons (Fsp3) is 0.545. The molecule has 1 aliphatic carbocycles. The monoisotopic (exact) mass is 358 g/mol. The van der Waals surface area contributed by atoms with Crippen molar-refractivity contribution in [1.29, 1.82) is 0 Å². The number of hydrogen-bond donors (Lipinski definition) is 1. The van der Waals surface area contributed by atoms with Crippen LogP contribution in [-0.4, -0.2) is 22.8 Å². The summed E-state index contributed by atoms with van der Waals surface area (Å²) in [4.78, 5) is 25.4. The van der Waals surface area contributed by atoms with Gasteiger partial charge in [0.15, 0.2) is 11.6 Å². The van der Waals surface area contributed by atoms with Crippen molar-refractivity contribution in [3.8, 4) is 0 Å². The Bertz CT molecular complexity index is 744. The second-order valence-electron chi connectivity index (χ2n) is 7.97. The lowest BCUT2D eigenvalue weighted by atomic mass is 9.70. The van der Waals surface area contributed by atoms with E-state index in [4.69, 9.17) is 4.74 Å². The summed E-state index contributed by atoms with van der Waals surface area (Å²) in [7, 11) is 0. The van der Waals surface area contributed by atoms with Crippen molar-refractivity contribution >= 4 is 11.6 Å². The molecule has 4 heteroatoms. The molecule has 0 saturated carbocycles. The summed E-state index contributed by atoms with van der Waals surface area (Å²) in [5.74, 6) is -0.214. The Labute approximate surface area is 156 Å². The van der Waals surface area contributed by atoms with Gasteiger partial charge in [-0.1, -0.05) is 23.3 Å². The Morgan fingerprint density at radius 2 is 1.92 bits per heavy atom. The van der Waals surface area contributed by atoms with E-state index < -0.39 is 5.41 Å². The van der Waals surface area contributed by atoms with Crippen LogP contribution in [0.25, 0.3) is 0 Å². The van der Waals surface area contributed by atoms with Crippen LogP contribution in [0.5, 0.6) is 0 Å². The summed E-state index contributed by atoms with van der Waals surface area (Å²) in [5, 5.41) is 10.4. The van der Waals surface area contributed by atoms with Gasteiger partial charge in [0.05, 0.1) is 11.0 Å². The summed E-state index contributed by atoms with van der Waals surface area (Å²) >= 11 is 0. The van der Waals surface area contributed by atoms with Crippen LogP contribution < -0.4 is 0 Å². The van der Waals surface area contributed by atoms with E-state index in [2.05, 4.69) is 32.9 Å². The third kappa shape index (κ3) is 3.84. The molecule has 0 aromatic heterocycles. The molecule has 0 bridgehead atoms. The average Bonchev–Trinajstić information content (AvgIpc) is 2.55. The first-order chi connectivity index (χ1) is 12.1. The van der Waals surface area contributed by atoms with E-state index in [0.717, 1.165) is 12.8 Å². The Morgan fingerprint density at radius 3 is 2.54 bits per heavy atom. The molecule has 0 spiro atoms. The van der Waals surface area contributed by atoms with Crippen molar-refractivity contribution in [2.45, 2.75) is 73.3 Å². The molecule has 2 unspecified atom stereocenters. The number of aliphatic hydroxyl groups is 1. The zero-order chi connectivity index (χ0) is 19.6. The normalized spacial score (nSPS) is 26.7. The second kappa shape index (κ2) is 7.65. The van der Waals surface area contributed by atoms with E-state index >= 15 is 0 Å². The Kier molecular flexibility index (Phi) is 5.94. The molecule has 2 atom stereocenters. The van der Waals surface area contributed by atoms with Gasteiger partial charge in [-0.3, -0.25) is 9.59 Å². The van der Waals surface area contributed by atoms with E-state index in [1.54, 1.807) is 6.92 Å². The molecule has 2 aliphatic rings. The van der Waals surface area contributed by atoms with Crippen molar-refractivity contribution in [3.05, 3.63) is 46.0 Å². The average molecular weight is 358 g/mol. The van der Waals surface area contributed by atoms with E-state index in [1.165, 1.54) is 11.1 Å². The molecular formula is C22H30O4. The Morgan fingerprint density at radius 1 is 1.27 bits per heavy atom. The lowest BCUT2D eigenvalue weighted by Gasteiger charge is -2.39. The number of ketones is 2. The number of rotatable bonds is 5. The summed E-state index contributed by atoms with van der Waals surface area (Å²) < 4.78 is 5.92. The van der Waals surface area contributed by atoms with Gasteiger partial charge in [0.1, 0.15) is 17.6 Å². The number of aliphatic hydroxyl groups excluding tert-OH is 1. The molecular weight excluding hydrogens is 328 g/mol. The number of carbonyl (C=O) groups excluding carboxylic acids is 2. The fourth-order valence-electron chi connectivity index (χ4n) is 3.50. The number of ether oxygens (including phenoxy) is 1. The van der Waals surface area contributed by atoms with Crippen molar-refractivity contribution in [1.82, 2.24) is 0 Å². The number of Topliss-reactive ketones (excluding diaryl/α,β-unsaturated/α-hetero) is 2. The highest BCUT2D eigenvalue weighted by molar-refractivity contribution is 6.10. The van der Waals surface area contributed by atoms with Crippen LogP contribution >= 0.6 is 0 Å². The van der Waals surface area contributed by atoms with Gasteiger partial charge in [0.2, 0.25) is 0 Å². The van der Waals surface area contributed by atoms with Gasteiger partial charge in [-0.25, -0.2) is 0 Å². The zero-order valence-electron chi connectivity index (χ0n) is 16.7. The minimum atomic E-state index is -0.951. The third-order valence-electron chi connectivity index (χ3n) is 5.18. The maximum Gasteiger partial charge on any atom is 0.176 e. The molecule has 2 rings (SSSR count). The van der Waals surface area contributed by atoms with Gasteiger partial charge in [0.25, 0.3) is 0 Å². The van der Waals surface area contributed by atoms with Crippen LogP contribution in [0, 0.1) is 5.41 Å². The fourth-order valence-corrected chi connectivity index (χ4v) is 3.50.